The first-order valence-corrected chi connectivity index (χ1v) is 14.6. The molecule has 0 saturated heterocycles. The van der Waals surface area contributed by atoms with Gasteiger partial charge in [0.2, 0.25) is 0 Å². The van der Waals surface area contributed by atoms with Gasteiger partial charge in [-0.3, -0.25) is 9.59 Å². The second kappa shape index (κ2) is 15.5. The maximum atomic E-state index is 13.3. The number of carbonyl (C=O) groups excluding carboxylic acids is 3. The highest BCUT2D eigenvalue weighted by molar-refractivity contribution is 6.06. The number of aryl methyl sites for hydroxylation is 1. The Bertz CT molecular complexity index is 1780. The fraction of sp³-hybridized carbons (Fsp3) is 0.200. The third-order valence-electron chi connectivity index (χ3n) is 7.47. The fourth-order valence-corrected chi connectivity index (χ4v) is 4.90. The van der Waals surface area contributed by atoms with Gasteiger partial charge in [0.15, 0.2) is 6.10 Å². The van der Waals surface area contributed by atoms with Gasteiger partial charge in [-0.25, -0.2) is 18.4 Å². The number of nitrogens with one attached hydrogen (secondary N) is 3. The second-order valence-corrected chi connectivity index (χ2v) is 10.7. The molecule has 4 N–H and O–H groups in total. The van der Waals surface area contributed by atoms with Crippen molar-refractivity contribution in [2.24, 2.45) is 0 Å². The minimum absolute atomic E-state index is 0.115. The van der Waals surface area contributed by atoms with Crippen LogP contribution in [-0.2, 0) is 27.4 Å². The lowest BCUT2D eigenvalue weighted by Gasteiger charge is -2.24. The minimum atomic E-state index is -1.25. The first kappa shape index (κ1) is 34.1. The summed E-state index contributed by atoms with van der Waals surface area (Å²) in [7, 11) is 1.69. The lowest BCUT2D eigenvalue weighted by Crippen LogP contribution is -2.45. The van der Waals surface area contributed by atoms with Gasteiger partial charge < -0.3 is 30.7 Å². The Hall–Kier alpha value is -5.78. The molecular weight excluding hydrogens is 610 g/mol. The van der Waals surface area contributed by atoms with E-state index in [1.54, 1.807) is 11.9 Å². The van der Waals surface area contributed by atoms with E-state index in [0.717, 1.165) is 34.0 Å². The predicted octanol–water partition coefficient (Wildman–Crippen LogP) is 5.84. The molecule has 0 spiro atoms. The van der Waals surface area contributed by atoms with Gasteiger partial charge in [-0.1, -0.05) is 72.8 Å². The number of hydrogen-bond acceptors (Lipinski definition) is 5. The quantitative estimate of drug-likeness (QED) is 0.200. The zero-order chi connectivity index (χ0) is 34.1. The highest BCUT2D eigenvalue weighted by atomic mass is 19.1. The molecule has 0 radical (unpaired) electrons. The molecule has 0 aromatic heterocycles. The summed E-state index contributed by atoms with van der Waals surface area (Å²) in [5.41, 5.74) is 5.34. The molecule has 2 atom stereocenters. The normalized spacial score (nSPS) is 13.9. The van der Waals surface area contributed by atoms with E-state index in [0.29, 0.717) is 11.6 Å². The number of rotatable bonds is 7. The summed E-state index contributed by atoms with van der Waals surface area (Å²) in [6.45, 7) is 3.56. The average Bonchev–Trinajstić information content (AvgIpc) is 3.13. The van der Waals surface area contributed by atoms with E-state index < -0.39 is 41.9 Å². The molecule has 47 heavy (non-hydrogen) atoms. The number of ether oxygens (including phenoxy) is 1. The van der Waals surface area contributed by atoms with Gasteiger partial charge in [0.1, 0.15) is 17.7 Å². The number of para-hydroxylation sites is 1. The van der Waals surface area contributed by atoms with E-state index in [9.17, 15) is 28.0 Å². The maximum Gasteiger partial charge on any atom is 0.408 e. The van der Waals surface area contributed by atoms with Crippen LogP contribution in [0.15, 0.2) is 91.0 Å². The molecule has 0 fully saturated rings. The molecule has 4 aromatic carbocycles. The summed E-state index contributed by atoms with van der Waals surface area (Å²) in [5.74, 6) is -2.27. The number of hydrogen-bond donors (Lipinski definition) is 4. The maximum absolute atomic E-state index is 13.3. The average molecular weight is 645 g/mol. The predicted molar refractivity (Wildman–Crippen MR) is 171 cm³/mol. The molecule has 1 aliphatic rings. The number of fused-ring (bicyclic) bond motifs is 3. The summed E-state index contributed by atoms with van der Waals surface area (Å²) < 4.78 is 30.5. The van der Waals surface area contributed by atoms with Crippen molar-refractivity contribution in [3.63, 3.8) is 0 Å². The summed E-state index contributed by atoms with van der Waals surface area (Å²) >= 11 is 0. The van der Waals surface area contributed by atoms with Crippen LogP contribution in [-0.4, -0.2) is 42.3 Å². The van der Waals surface area contributed by atoms with E-state index in [-0.39, 0.29) is 24.6 Å². The Labute approximate surface area is 270 Å². The van der Waals surface area contributed by atoms with Gasteiger partial charge in [-0.15, -0.1) is 0 Å². The van der Waals surface area contributed by atoms with Crippen LogP contribution in [0.25, 0.3) is 11.1 Å². The molecule has 0 bridgehead atoms. The Balaban J connectivity index is 0.000000323. The van der Waals surface area contributed by atoms with Gasteiger partial charge >= 0.3 is 12.2 Å². The van der Waals surface area contributed by atoms with Crippen LogP contribution >= 0.6 is 0 Å². The minimum Gasteiger partial charge on any atom is -0.465 e. The molecule has 0 aliphatic carbocycles. The smallest absolute Gasteiger partial charge is 0.408 e. The molecular formula is C35H34F2N4O6. The summed E-state index contributed by atoms with van der Waals surface area (Å²) in [4.78, 5) is 50.1. The zero-order valence-corrected chi connectivity index (χ0v) is 25.9. The molecule has 1 aliphatic heterocycles. The Morgan fingerprint density at radius 3 is 2.21 bits per heavy atom. The molecule has 0 saturated carbocycles. The van der Waals surface area contributed by atoms with Gasteiger partial charge in [0.05, 0.1) is 5.69 Å². The standard InChI is InChI=1S/C27H27N3O4.C8H7F2NO2/c1-17-10-4-5-11-19(17)16-28-27(33)34-18(2)25(31)29-24-22-14-7-6-12-20(22)21-13-8-9-15-23(21)30(3)26(24)32;9-6-2-1-5(7(10)3-6)4-11-8(12)13/h4-15,18,24H,16H2,1-3H3,(H,28,33)(H,29,31);1-3,11H,4H2,(H,12,13)/t18-,24?;/m0./s1. The van der Waals surface area contributed by atoms with Crippen molar-refractivity contribution < 1.29 is 37.8 Å². The monoisotopic (exact) mass is 644 g/mol. The summed E-state index contributed by atoms with van der Waals surface area (Å²) in [5, 5.41) is 15.6. The van der Waals surface area contributed by atoms with Crippen LogP contribution in [0.2, 0.25) is 0 Å². The van der Waals surface area contributed by atoms with E-state index in [2.05, 4.69) is 10.6 Å². The van der Waals surface area contributed by atoms with E-state index in [4.69, 9.17) is 9.84 Å². The van der Waals surface area contributed by atoms with Crippen molar-refractivity contribution >= 4 is 29.7 Å². The van der Waals surface area contributed by atoms with Crippen LogP contribution in [0.3, 0.4) is 0 Å². The van der Waals surface area contributed by atoms with Crippen LogP contribution in [0.1, 0.15) is 35.2 Å². The molecule has 4 aromatic rings. The Morgan fingerprint density at radius 2 is 1.51 bits per heavy atom. The highest BCUT2D eigenvalue weighted by Crippen LogP contribution is 2.39. The van der Waals surface area contributed by atoms with Crippen LogP contribution in [0.5, 0.6) is 0 Å². The highest BCUT2D eigenvalue weighted by Gasteiger charge is 2.34. The van der Waals surface area contributed by atoms with Gasteiger partial charge in [0, 0.05) is 37.3 Å². The Kier molecular flexibility index (Phi) is 11.2. The topological polar surface area (TPSA) is 137 Å². The van der Waals surface area contributed by atoms with Crippen molar-refractivity contribution in [2.75, 3.05) is 11.9 Å². The lowest BCUT2D eigenvalue weighted by atomic mass is 9.95. The van der Waals surface area contributed by atoms with Crippen molar-refractivity contribution in [3.8, 4) is 11.1 Å². The molecule has 10 nitrogen and oxygen atoms in total. The van der Waals surface area contributed by atoms with Gasteiger partial charge in [0.25, 0.3) is 11.8 Å². The number of nitrogens with zero attached hydrogens (tertiary/aromatic N) is 1. The van der Waals surface area contributed by atoms with Crippen molar-refractivity contribution in [1.29, 1.82) is 0 Å². The van der Waals surface area contributed by atoms with Gasteiger partial charge in [-0.2, -0.15) is 0 Å². The number of halogens is 2. The first-order chi connectivity index (χ1) is 22.5. The molecule has 244 valence electrons. The SMILES string of the molecule is Cc1ccccc1CNC(=O)O[C@@H](C)C(=O)NC1C(=O)N(C)c2ccccc2-c2ccccc21.O=C(O)NCc1ccc(F)cc1F. The number of amides is 4. The van der Waals surface area contributed by atoms with Crippen molar-refractivity contribution in [1.82, 2.24) is 16.0 Å². The van der Waals surface area contributed by atoms with E-state index in [1.165, 1.54) is 13.0 Å². The molecule has 1 heterocycles. The summed E-state index contributed by atoms with van der Waals surface area (Å²) in [6, 6.07) is 24.8. The number of carboxylic acid groups (broad SMARTS) is 1. The van der Waals surface area contributed by atoms with Crippen LogP contribution in [0.4, 0.5) is 24.1 Å². The molecule has 12 heteroatoms. The number of alkyl carbamates (subject to hydrolysis) is 1. The third kappa shape index (κ3) is 8.69. The molecule has 4 amide bonds. The van der Waals surface area contributed by atoms with Gasteiger partial charge in [-0.05, 0) is 48.2 Å². The lowest BCUT2D eigenvalue weighted by molar-refractivity contribution is -0.132. The zero-order valence-electron chi connectivity index (χ0n) is 25.9. The molecule has 1 unspecified atom stereocenters. The van der Waals surface area contributed by atoms with Crippen molar-refractivity contribution in [2.45, 2.75) is 39.1 Å². The van der Waals surface area contributed by atoms with Crippen LogP contribution < -0.4 is 20.9 Å². The number of anilines is 1. The first-order valence-electron chi connectivity index (χ1n) is 14.6. The second-order valence-electron chi connectivity index (χ2n) is 10.7. The van der Waals surface area contributed by atoms with Crippen LogP contribution in [0, 0.1) is 18.6 Å². The summed E-state index contributed by atoms with van der Waals surface area (Å²) in [6.07, 6.45) is -3.04. The largest absolute Gasteiger partial charge is 0.465 e. The fourth-order valence-electron chi connectivity index (χ4n) is 4.90. The van der Waals surface area contributed by atoms with E-state index in [1.807, 2.05) is 85.0 Å². The third-order valence-corrected chi connectivity index (χ3v) is 7.47. The molecule has 5 rings (SSSR count). The van der Waals surface area contributed by atoms with Crippen molar-refractivity contribution in [3.05, 3.63) is 125 Å². The number of likely N-dealkylation sites (N-methyl/N-ethyl adjacent to an activating group) is 1. The number of benzene rings is 4. The Morgan fingerprint density at radius 1 is 0.872 bits per heavy atom. The van der Waals surface area contributed by atoms with E-state index >= 15 is 0 Å². The number of carbonyl (C=O) groups is 4.